The third kappa shape index (κ3) is 2.33. The second kappa shape index (κ2) is 4.73. The molecule has 18 heavy (non-hydrogen) atoms. The van der Waals surface area contributed by atoms with Crippen LogP contribution in [0.2, 0.25) is 0 Å². The molecule has 1 saturated heterocycles. The molecule has 2 rings (SSSR count). The van der Waals surface area contributed by atoms with Crippen LogP contribution in [0.1, 0.15) is 22.3 Å². The van der Waals surface area contributed by atoms with Crippen molar-refractivity contribution in [1.82, 2.24) is 4.90 Å². The average molecular weight is 249 g/mol. The van der Waals surface area contributed by atoms with Crippen LogP contribution in [0.5, 0.6) is 0 Å². The standard InChI is InChI=1S/C12H15N3O3/c1-8-2-3-10(15(17)18)6-11(8)12(16)14-5-4-9(13)7-14/h2-3,6,9H,4-5,7,13H2,1H3. The molecule has 1 aromatic carbocycles. The van der Waals surface area contributed by atoms with E-state index in [-0.39, 0.29) is 17.6 Å². The number of nitrogens with zero attached hydrogens (tertiary/aromatic N) is 2. The molecule has 1 atom stereocenters. The number of carbonyl (C=O) groups excluding carboxylic acids is 1. The number of hydrogen-bond acceptors (Lipinski definition) is 4. The highest BCUT2D eigenvalue weighted by molar-refractivity contribution is 5.96. The van der Waals surface area contributed by atoms with Crippen LogP contribution < -0.4 is 5.73 Å². The van der Waals surface area contributed by atoms with Crippen molar-refractivity contribution in [3.63, 3.8) is 0 Å². The highest BCUT2D eigenvalue weighted by Gasteiger charge is 2.26. The van der Waals surface area contributed by atoms with Gasteiger partial charge in [-0.15, -0.1) is 0 Å². The van der Waals surface area contributed by atoms with Crippen LogP contribution in [0, 0.1) is 17.0 Å². The summed E-state index contributed by atoms with van der Waals surface area (Å²) in [4.78, 5) is 24.1. The van der Waals surface area contributed by atoms with E-state index in [2.05, 4.69) is 0 Å². The fourth-order valence-electron chi connectivity index (χ4n) is 2.10. The van der Waals surface area contributed by atoms with Crippen LogP contribution >= 0.6 is 0 Å². The monoisotopic (exact) mass is 249 g/mol. The van der Waals surface area contributed by atoms with Gasteiger partial charge in [-0.3, -0.25) is 14.9 Å². The van der Waals surface area contributed by atoms with E-state index >= 15 is 0 Å². The molecule has 2 N–H and O–H groups in total. The molecule has 1 heterocycles. The number of likely N-dealkylation sites (tertiary alicyclic amines) is 1. The van der Waals surface area contributed by atoms with Gasteiger partial charge < -0.3 is 10.6 Å². The minimum atomic E-state index is -0.494. The largest absolute Gasteiger partial charge is 0.337 e. The second-order valence-corrected chi connectivity index (χ2v) is 4.56. The van der Waals surface area contributed by atoms with Crippen LogP contribution in [0.4, 0.5) is 5.69 Å². The number of carbonyl (C=O) groups is 1. The van der Waals surface area contributed by atoms with Gasteiger partial charge in [-0.25, -0.2) is 0 Å². The Kier molecular flexibility index (Phi) is 3.29. The summed E-state index contributed by atoms with van der Waals surface area (Å²) < 4.78 is 0. The Bertz CT molecular complexity index is 501. The van der Waals surface area contributed by atoms with Crippen LogP contribution in [-0.2, 0) is 0 Å². The van der Waals surface area contributed by atoms with Crippen molar-refractivity contribution in [3.05, 3.63) is 39.4 Å². The van der Waals surface area contributed by atoms with E-state index in [9.17, 15) is 14.9 Å². The van der Waals surface area contributed by atoms with Crippen molar-refractivity contribution in [2.24, 2.45) is 5.73 Å². The molecule has 0 aliphatic carbocycles. The fourth-order valence-corrected chi connectivity index (χ4v) is 2.10. The lowest BCUT2D eigenvalue weighted by molar-refractivity contribution is -0.384. The molecule has 1 amide bonds. The first-order valence-corrected chi connectivity index (χ1v) is 5.79. The molecular weight excluding hydrogens is 234 g/mol. The number of benzene rings is 1. The highest BCUT2D eigenvalue weighted by atomic mass is 16.6. The number of rotatable bonds is 2. The fraction of sp³-hybridized carbons (Fsp3) is 0.417. The summed E-state index contributed by atoms with van der Waals surface area (Å²) in [6.45, 7) is 2.90. The number of nitrogens with two attached hydrogens (primary N) is 1. The van der Waals surface area contributed by atoms with Gasteiger partial charge in [-0.1, -0.05) is 6.07 Å². The van der Waals surface area contributed by atoms with E-state index in [0.717, 1.165) is 12.0 Å². The number of aryl methyl sites for hydroxylation is 1. The van der Waals surface area contributed by atoms with E-state index in [4.69, 9.17) is 5.73 Å². The predicted octanol–water partition coefficient (Wildman–Crippen LogP) is 1.08. The Labute approximate surface area is 105 Å². The van der Waals surface area contributed by atoms with Crippen molar-refractivity contribution in [2.75, 3.05) is 13.1 Å². The zero-order valence-corrected chi connectivity index (χ0v) is 10.1. The smallest absolute Gasteiger partial charge is 0.270 e. The second-order valence-electron chi connectivity index (χ2n) is 4.56. The number of hydrogen-bond donors (Lipinski definition) is 1. The zero-order chi connectivity index (χ0) is 13.3. The molecular formula is C12H15N3O3. The molecule has 0 radical (unpaired) electrons. The Morgan fingerprint density at radius 1 is 1.56 bits per heavy atom. The molecule has 0 bridgehead atoms. The number of non-ortho nitro benzene ring substituents is 1. The summed E-state index contributed by atoms with van der Waals surface area (Å²) in [5, 5.41) is 10.7. The van der Waals surface area contributed by atoms with Gasteiger partial charge in [0.05, 0.1) is 4.92 Å². The molecule has 1 unspecified atom stereocenters. The molecule has 1 fully saturated rings. The maximum Gasteiger partial charge on any atom is 0.270 e. The first-order valence-electron chi connectivity index (χ1n) is 5.79. The Balaban J connectivity index is 2.29. The summed E-state index contributed by atoms with van der Waals surface area (Å²) >= 11 is 0. The molecule has 1 aliphatic rings. The van der Waals surface area contributed by atoms with Crippen molar-refractivity contribution in [2.45, 2.75) is 19.4 Å². The predicted molar refractivity (Wildman–Crippen MR) is 66.3 cm³/mol. The molecule has 6 heteroatoms. The molecule has 0 spiro atoms. The van der Waals surface area contributed by atoms with E-state index in [0.29, 0.717) is 18.7 Å². The third-order valence-electron chi connectivity index (χ3n) is 3.17. The Morgan fingerprint density at radius 2 is 2.28 bits per heavy atom. The zero-order valence-electron chi connectivity index (χ0n) is 10.1. The lowest BCUT2D eigenvalue weighted by atomic mass is 10.1. The van der Waals surface area contributed by atoms with Gasteiger partial charge in [0, 0.05) is 36.8 Å². The van der Waals surface area contributed by atoms with Gasteiger partial charge in [0.15, 0.2) is 0 Å². The molecule has 96 valence electrons. The summed E-state index contributed by atoms with van der Waals surface area (Å²) in [6, 6.07) is 4.35. The number of nitro groups is 1. The minimum Gasteiger partial charge on any atom is -0.337 e. The summed E-state index contributed by atoms with van der Waals surface area (Å²) in [5.41, 5.74) is 6.82. The molecule has 1 aliphatic heterocycles. The van der Waals surface area contributed by atoms with Crippen LogP contribution in [0.25, 0.3) is 0 Å². The lowest BCUT2D eigenvalue weighted by Crippen LogP contribution is -2.32. The summed E-state index contributed by atoms with van der Waals surface area (Å²) in [5.74, 6) is -0.177. The van der Waals surface area contributed by atoms with Gasteiger partial charge in [-0.2, -0.15) is 0 Å². The molecule has 0 aromatic heterocycles. The van der Waals surface area contributed by atoms with Crippen molar-refractivity contribution in [1.29, 1.82) is 0 Å². The normalized spacial score (nSPS) is 19.0. The van der Waals surface area contributed by atoms with Gasteiger partial charge in [0.1, 0.15) is 0 Å². The lowest BCUT2D eigenvalue weighted by Gasteiger charge is -2.16. The minimum absolute atomic E-state index is 0.00736. The maximum atomic E-state index is 12.2. The highest BCUT2D eigenvalue weighted by Crippen LogP contribution is 2.20. The molecule has 1 aromatic rings. The maximum absolute atomic E-state index is 12.2. The van der Waals surface area contributed by atoms with Crippen molar-refractivity contribution in [3.8, 4) is 0 Å². The van der Waals surface area contributed by atoms with Crippen molar-refractivity contribution >= 4 is 11.6 Å². The Morgan fingerprint density at radius 3 is 2.83 bits per heavy atom. The number of nitro benzene ring substituents is 1. The van der Waals surface area contributed by atoms with Crippen LogP contribution in [-0.4, -0.2) is 34.9 Å². The van der Waals surface area contributed by atoms with Gasteiger partial charge in [0.2, 0.25) is 0 Å². The number of amides is 1. The van der Waals surface area contributed by atoms with Crippen LogP contribution in [0.15, 0.2) is 18.2 Å². The third-order valence-corrected chi connectivity index (χ3v) is 3.17. The first kappa shape index (κ1) is 12.5. The summed E-state index contributed by atoms with van der Waals surface area (Å²) in [6.07, 6.45) is 0.777. The van der Waals surface area contributed by atoms with Crippen molar-refractivity contribution < 1.29 is 9.72 Å². The quantitative estimate of drug-likeness (QED) is 0.627. The van der Waals surface area contributed by atoms with E-state index in [1.807, 2.05) is 0 Å². The van der Waals surface area contributed by atoms with E-state index in [1.165, 1.54) is 12.1 Å². The average Bonchev–Trinajstić information content (AvgIpc) is 2.75. The van der Waals surface area contributed by atoms with Gasteiger partial charge >= 0.3 is 0 Å². The molecule has 0 saturated carbocycles. The SMILES string of the molecule is Cc1ccc([N+](=O)[O-])cc1C(=O)N1CCC(N)C1. The van der Waals surface area contributed by atoms with Gasteiger partial charge in [0.25, 0.3) is 11.6 Å². The Hall–Kier alpha value is -1.95. The van der Waals surface area contributed by atoms with E-state index in [1.54, 1.807) is 17.9 Å². The van der Waals surface area contributed by atoms with Gasteiger partial charge in [-0.05, 0) is 18.9 Å². The van der Waals surface area contributed by atoms with E-state index < -0.39 is 4.92 Å². The molecule has 6 nitrogen and oxygen atoms in total. The van der Waals surface area contributed by atoms with Crippen LogP contribution in [0.3, 0.4) is 0 Å². The topological polar surface area (TPSA) is 89.5 Å². The first-order chi connectivity index (χ1) is 8.49. The summed E-state index contributed by atoms with van der Waals surface area (Å²) in [7, 11) is 0.